The molecule has 2 heterocycles. The average Bonchev–Trinajstić information content (AvgIpc) is 2.74. The third-order valence-electron chi connectivity index (χ3n) is 5.57. The fourth-order valence-corrected chi connectivity index (χ4v) is 3.74. The molecular formula is C20H31N3O5. The van der Waals surface area contributed by atoms with Crippen molar-refractivity contribution in [3.63, 3.8) is 0 Å². The van der Waals surface area contributed by atoms with Crippen LogP contribution in [0.15, 0.2) is 18.2 Å². The van der Waals surface area contributed by atoms with Crippen LogP contribution in [0, 0.1) is 0 Å². The highest BCUT2D eigenvalue weighted by atomic mass is 16.5. The maximum Gasteiger partial charge on any atom is 0.240 e. The summed E-state index contributed by atoms with van der Waals surface area (Å²) in [5, 5.41) is 3.08. The minimum atomic E-state index is -0.856. The van der Waals surface area contributed by atoms with Crippen LogP contribution in [0.4, 0.5) is 0 Å². The summed E-state index contributed by atoms with van der Waals surface area (Å²) in [7, 11) is 3.24. The zero-order valence-electron chi connectivity index (χ0n) is 16.7. The predicted octanol–water partition coefficient (Wildman–Crippen LogP) is 0.701. The lowest BCUT2D eigenvalue weighted by atomic mass is 9.90. The van der Waals surface area contributed by atoms with Gasteiger partial charge in [0.25, 0.3) is 0 Å². The summed E-state index contributed by atoms with van der Waals surface area (Å²) >= 11 is 0. The topological polar surface area (TPSA) is 95.3 Å². The van der Waals surface area contributed by atoms with E-state index in [0.29, 0.717) is 57.3 Å². The molecule has 2 saturated heterocycles. The van der Waals surface area contributed by atoms with Gasteiger partial charge in [0.1, 0.15) is 0 Å². The van der Waals surface area contributed by atoms with Gasteiger partial charge in [-0.25, -0.2) is 0 Å². The molecule has 8 nitrogen and oxygen atoms in total. The number of hydrogen-bond donors (Lipinski definition) is 2. The second-order valence-electron chi connectivity index (χ2n) is 7.26. The summed E-state index contributed by atoms with van der Waals surface area (Å²) in [5.41, 5.74) is 6.53. The molecule has 8 heteroatoms. The Morgan fingerprint density at radius 3 is 2.43 bits per heavy atom. The number of hydrogen-bond acceptors (Lipinski definition) is 7. The number of rotatable bonds is 7. The number of nitrogens with one attached hydrogen (secondary N) is 1. The van der Waals surface area contributed by atoms with Crippen LogP contribution in [-0.2, 0) is 14.3 Å². The number of methoxy groups -OCH3 is 2. The molecule has 0 saturated carbocycles. The van der Waals surface area contributed by atoms with Crippen LogP contribution in [0.3, 0.4) is 0 Å². The first kappa shape index (κ1) is 20.9. The fourth-order valence-electron chi connectivity index (χ4n) is 3.74. The standard InChI is InChI=1S/C20H31N3O5/c1-25-17-4-3-15(13-18(17)26-2)16(23-7-11-28-12-8-23)14-22-19(24)20(21)5-9-27-10-6-20/h3-4,13,16H,5-12,14,21H2,1-2H3,(H,22,24). The molecule has 0 radical (unpaired) electrons. The molecule has 156 valence electrons. The molecule has 2 aliphatic rings. The van der Waals surface area contributed by atoms with Gasteiger partial charge in [0, 0.05) is 32.8 Å². The van der Waals surface area contributed by atoms with Gasteiger partial charge >= 0.3 is 0 Å². The maximum absolute atomic E-state index is 12.8. The SMILES string of the molecule is COc1ccc(C(CNC(=O)C2(N)CCOCC2)N2CCOCC2)cc1OC. The zero-order chi connectivity index (χ0) is 20.0. The number of nitrogens with zero attached hydrogens (tertiary/aromatic N) is 1. The summed E-state index contributed by atoms with van der Waals surface area (Å²) in [6.45, 7) is 4.46. The first-order valence-electron chi connectivity index (χ1n) is 9.76. The molecule has 0 spiro atoms. The first-order valence-corrected chi connectivity index (χ1v) is 9.76. The number of nitrogens with two attached hydrogens (primary N) is 1. The van der Waals surface area contributed by atoms with E-state index in [1.807, 2.05) is 18.2 Å². The second kappa shape index (κ2) is 9.56. The maximum atomic E-state index is 12.8. The van der Waals surface area contributed by atoms with Crippen molar-refractivity contribution < 1.29 is 23.7 Å². The minimum Gasteiger partial charge on any atom is -0.493 e. The van der Waals surface area contributed by atoms with Gasteiger partial charge in [-0.15, -0.1) is 0 Å². The van der Waals surface area contributed by atoms with Crippen molar-refractivity contribution in [3.8, 4) is 11.5 Å². The summed E-state index contributed by atoms with van der Waals surface area (Å²) in [6.07, 6.45) is 1.08. The van der Waals surface area contributed by atoms with Gasteiger partial charge in [0.2, 0.25) is 5.91 Å². The molecule has 0 aromatic heterocycles. The van der Waals surface area contributed by atoms with Crippen molar-refractivity contribution in [1.29, 1.82) is 0 Å². The smallest absolute Gasteiger partial charge is 0.240 e. The van der Waals surface area contributed by atoms with Crippen LogP contribution < -0.4 is 20.5 Å². The van der Waals surface area contributed by atoms with Crippen LogP contribution in [0.2, 0.25) is 0 Å². The van der Waals surface area contributed by atoms with E-state index in [-0.39, 0.29) is 11.9 Å². The second-order valence-corrected chi connectivity index (χ2v) is 7.26. The van der Waals surface area contributed by atoms with Crippen LogP contribution in [-0.4, -0.2) is 76.6 Å². The minimum absolute atomic E-state index is 0.00361. The summed E-state index contributed by atoms with van der Waals surface area (Å²) in [6, 6.07) is 5.88. The summed E-state index contributed by atoms with van der Waals surface area (Å²) in [4.78, 5) is 15.1. The quantitative estimate of drug-likeness (QED) is 0.704. The highest BCUT2D eigenvalue weighted by Gasteiger charge is 2.36. The van der Waals surface area contributed by atoms with E-state index in [0.717, 1.165) is 18.7 Å². The Balaban J connectivity index is 1.76. The largest absolute Gasteiger partial charge is 0.493 e. The van der Waals surface area contributed by atoms with Crippen LogP contribution in [0.5, 0.6) is 11.5 Å². The van der Waals surface area contributed by atoms with E-state index in [1.54, 1.807) is 14.2 Å². The highest BCUT2D eigenvalue weighted by Crippen LogP contribution is 2.32. The fraction of sp³-hybridized carbons (Fsp3) is 0.650. The molecule has 2 fully saturated rings. The Labute approximate surface area is 166 Å². The molecule has 1 aromatic rings. The van der Waals surface area contributed by atoms with Gasteiger partial charge in [-0.2, -0.15) is 0 Å². The summed E-state index contributed by atoms with van der Waals surface area (Å²) in [5.74, 6) is 1.23. The molecule has 0 bridgehead atoms. The van der Waals surface area contributed by atoms with Crippen LogP contribution in [0.1, 0.15) is 24.4 Å². The lowest BCUT2D eigenvalue weighted by molar-refractivity contribution is -0.130. The van der Waals surface area contributed by atoms with Crippen molar-refractivity contribution in [2.75, 3.05) is 60.3 Å². The van der Waals surface area contributed by atoms with Gasteiger partial charge in [-0.05, 0) is 30.5 Å². The zero-order valence-corrected chi connectivity index (χ0v) is 16.7. The third-order valence-corrected chi connectivity index (χ3v) is 5.57. The highest BCUT2D eigenvalue weighted by molar-refractivity contribution is 5.86. The first-order chi connectivity index (χ1) is 13.6. The van der Waals surface area contributed by atoms with Gasteiger partial charge in [-0.3, -0.25) is 9.69 Å². The third kappa shape index (κ3) is 4.75. The van der Waals surface area contributed by atoms with Crippen molar-refractivity contribution in [2.45, 2.75) is 24.4 Å². The average molecular weight is 393 g/mol. The lowest BCUT2D eigenvalue weighted by Crippen LogP contribution is -2.58. The Bertz CT molecular complexity index is 657. The molecule has 1 atom stereocenters. The van der Waals surface area contributed by atoms with Crippen molar-refractivity contribution in [1.82, 2.24) is 10.2 Å². The van der Waals surface area contributed by atoms with Gasteiger partial charge in [0.15, 0.2) is 11.5 Å². The van der Waals surface area contributed by atoms with Gasteiger partial charge < -0.3 is 30.0 Å². The Hall–Kier alpha value is -1.87. The molecule has 1 unspecified atom stereocenters. The van der Waals surface area contributed by atoms with Crippen molar-refractivity contribution >= 4 is 5.91 Å². The number of amides is 1. The number of benzene rings is 1. The van der Waals surface area contributed by atoms with Crippen LogP contribution >= 0.6 is 0 Å². The predicted molar refractivity (Wildman–Crippen MR) is 105 cm³/mol. The monoisotopic (exact) mass is 393 g/mol. The van der Waals surface area contributed by atoms with E-state index in [4.69, 9.17) is 24.7 Å². The van der Waals surface area contributed by atoms with Gasteiger partial charge in [-0.1, -0.05) is 6.07 Å². The number of carbonyl (C=O) groups excluding carboxylic acids is 1. The van der Waals surface area contributed by atoms with E-state index < -0.39 is 5.54 Å². The number of ether oxygens (including phenoxy) is 4. The van der Waals surface area contributed by atoms with E-state index in [9.17, 15) is 4.79 Å². The molecule has 3 N–H and O–H groups in total. The molecule has 0 aliphatic carbocycles. The van der Waals surface area contributed by atoms with Gasteiger partial charge in [0.05, 0.1) is 39.0 Å². The number of morpholine rings is 1. The van der Waals surface area contributed by atoms with E-state index >= 15 is 0 Å². The van der Waals surface area contributed by atoms with E-state index in [1.165, 1.54) is 0 Å². The molecule has 1 aromatic carbocycles. The molecule has 3 rings (SSSR count). The molecular weight excluding hydrogens is 362 g/mol. The molecule has 1 amide bonds. The lowest BCUT2D eigenvalue weighted by Gasteiger charge is -2.37. The Kier molecular flexibility index (Phi) is 7.12. The normalized spacial score (nSPS) is 21.0. The summed E-state index contributed by atoms with van der Waals surface area (Å²) < 4.78 is 21.7. The van der Waals surface area contributed by atoms with E-state index in [2.05, 4.69) is 10.2 Å². The Morgan fingerprint density at radius 2 is 1.79 bits per heavy atom. The van der Waals surface area contributed by atoms with Crippen molar-refractivity contribution in [2.24, 2.45) is 5.73 Å². The Morgan fingerprint density at radius 1 is 1.14 bits per heavy atom. The van der Waals surface area contributed by atoms with Crippen molar-refractivity contribution in [3.05, 3.63) is 23.8 Å². The molecule has 28 heavy (non-hydrogen) atoms. The van der Waals surface area contributed by atoms with Crippen LogP contribution in [0.25, 0.3) is 0 Å². The molecule has 2 aliphatic heterocycles. The number of carbonyl (C=O) groups is 1.